The summed E-state index contributed by atoms with van der Waals surface area (Å²) in [6.07, 6.45) is 6.49. The van der Waals surface area contributed by atoms with E-state index in [1.165, 1.54) is 12.8 Å². The highest BCUT2D eigenvalue weighted by atomic mass is 16.2. The van der Waals surface area contributed by atoms with Crippen molar-refractivity contribution in [2.24, 2.45) is 5.92 Å². The van der Waals surface area contributed by atoms with Crippen molar-refractivity contribution in [3.63, 3.8) is 0 Å². The lowest BCUT2D eigenvalue weighted by Gasteiger charge is -2.16. The van der Waals surface area contributed by atoms with Crippen LogP contribution in [0.15, 0.2) is 42.7 Å². The van der Waals surface area contributed by atoms with E-state index in [0.29, 0.717) is 19.0 Å². The molecule has 1 saturated carbocycles. The van der Waals surface area contributed by atoms with Crippen LogP contribution in [0.3, 0.4) is 0 Å². The normalized spacial score (nSPS) is 20.1. The van der Waals surface area contributed by atoms with Crippen LogP contribution >= 0.6 is 0 Å². The second kappa shape index (κ2) is 6.70. The SMILES string of the molecule is O=C(NCCn1ccnc1C1CC1)C1CC(=O)N(c2ccccc2)C1. The van der Waals surface area contributed by atoms with Crippen molar-refractivity contribution in [1.29, 1.82) is 0 Å². The molecule has 4 rings (SSSR count). The monoisotopic (exact) mass is 338 g/mol. The van der Waals surface area contributed by atoms with Crippen molar-refractivity contribution < 1.29 is 9.59 Å². The number of carbonyl (C=O) groups is 2. The van der Waals surface area contributed by atoms with Crippen LogP contribution in [-0.4, -0.2) is 34.5 Å². The van der Waals surface area contributed by atoms with Gasteiger partial charge < -0.3 is 14.8 Å². The Morgan fingerprint density at radius 3 is 2.80 bits per heavy atom. The molecule has 1 N–H and O–H groups in total. The predicted molar refractivity (Wildman–Crippen MR) is 94.1 cm³/mol. The predicted octanol–water partition coefficient (Wildman–Crippen LogP) is 1.93. The van der Waals surface area contributed by atoms with Crippen molar-refractivity contribution in [3.05, 3.63) is 48.5 Å². The van der Waals surface area contributed by atoms with E-state index in [4.69, 9.17) is 0 Å². The molecule has 1 aromatic carbocycles. The van der Waals surface area contributed by atoms with Crippen molar-refractivity contribution >= 4 is 17.5 Å². The van der Waals surface area contributed by atoms with Crippen molar-refractivity contribution in [3.8, 4) is 0 Å². The number of nitrogens with one attached hydrogen (secondary N) is 1. The Bertz CT molecular complexity index is 767. The number of hydrogen-bond donors (Lipinski definition) is 1. The molecule has 130 valence electrons. The van der Waals surface area contributed by atoms with Gasteiger partial charge in [0.05, 0.1) is 5.92 Å². The molecule has 1 saturated heterocycles. The van der Waals surface area contributed by atoms with Crippen molar-refractivity contribution in [2.45, 2.75) is 31.7 Å². The Hall–Kier alpha value is -2.63. The highest BCUT2D eigenvalue weighted by Crippen LogP contribution is 2.38. The molecule has 2 aliphatic rings. The van der Waals surface area contributed by atoms with E-state index >= 15 is 0 Å². The van der Waals surface area contributed by atoms with Crippen molar-refractivity contribution in [1.82, 2.24) is 14.9 Å². The molecular formula is C19H22N4O2. The zero-order valence-electron chi connectivity index (χ0n) is 14.1. The van der Waals surface area contributed by atoms with E-state index in [2.05, 4.69) is 14.9 Å². The van der Waals surface area contributed by atoms with Gasteiger partial charge in [0, 0.05) is 50.1 Å². The Labute approximate surface area is 146 Å². The standard InChI is InChI=1S/C19H22N4O2/c24-17-12-15(13-23(17)16-4-2-1-3-5-16)19(25)21-9-11-22-10-8-20-18(22)14-6-7-14/h1-5,8,10,14-15H,6-7,9,11-13H2,(H,21,25). The molecule has 1 aromatic heterocycles. The largest absolute Gasteiger partial charge is 0.354 e. The van der Waals surface area contributed by atoms with Crippen LogP contribution in [-0.2, 0) is 16.1 Å². The average molecular weight is 338 g/mol. The van der Waals surface area contributed by atoms with Gasteiger partial charge in [0.15, 0.2) is 0 Å². The van der Waals surface area contributed by atoms with Gasteiger partial charge in [0.25, 0.3) is 0 Å². The first-order valence-electron chi connectivity index (χ1n) is 8.86. The number of nitrogens with zero attached hydrogens (tertiary/aromatic N) is 3. The zero-order valence-corrected chi connectivity index (χ0v) is 14.1. The molecule has 2 amide bonds. The third-order valence-electron chi connectivity index (χ3n) is 4.91. The van der Waals surface area contributed by atoms with Gasteiger partial charge >= 0.3 is 0 Å². The number of carbonyl (C=O) groups excluding carboxylic acids is 2. The van der Waals surface area contributed by atoms with Gasteiger partial charge in [0.1, 0.15) is 5.82 Å². The molecule has 25 heavy (non-hydrogen) atoms. The van der Waals surface area contributed by atoms with E-state index in [-0.39, 0.29) is 24.2 Å². The van der Waals surface area contributed by atoms with Crippen LogP contribution in [0.25, 0.3) is 0 Å². The number of benzene rings is 1. The van der Waals surface area contributed by atoms with Gasteiger partial charge in [-0.2, -0.15) is 0 Å². The van der Waals surface area contributed by atoms with Crippen LogP contribution in [0, 0.1) is 5.92 Å². The topological polar surface area (TPSA) is 67.2 Å². The Morgan fingerprint density at radius 2 is 2.04 bits per heavy atom. The van der Waals surface area contributed by atoms with Gasteiger partial charge in [-0.05, 0) is 25.0 Å². The highest BCUT2D eigenvalue weighted by Gasteiger charge is 2.35. The molecule has 1 unspecified atom stereocenters. The molecule has 1 aliphatic heterocycles. The minimum atomic E-state index is -0.279. The number of para-hydroxylation sites is 1. The van der Waals surface area contributed by atoms with Crippen LogP contribution in [0.2, 0.25) is 0 Å². The molecular weight excluding hydrogens is 316 g/mol. The zero-order chi connectivity index (χ0) is 17.2. The Kier molecular flexibility index (Phi) is 4.26. The highest BCUT2D eigenvalue weighted by molar-refractivity contribution is 6.00. The quantitative estimate of drug-likeness (QED) is 0.875. The summed E-state index contributed by atoms with van der Waals surface area (Å²) < 4.78 is 2.12. The Morgan fingerprint density at radius 1 is 1.24 bits per heavy atom. The van der Waals surface area contributed by atoms with Gasteiger partial charge in [-0.1, -0.05) is 18.2 Å². The minimum absolute atomic E-state index is 0.0111. The van der Waals surface area contributed by atoms with Crippen LogP contribution in [0.1, 0.15) is 31.0 Å². The van der Waals surface area contributed by atoms with E-state index in [1.807, 2.05) is 42.7 Å². The van der Waals surface area contributed by atoms with E-state index < -0.39 is 0 Å². The van der Waals surface area contributed by atoms with Crippen LogP contribution in [0.4, 0.5) is 5.69 Å². The number of rotatable bonds is 6. The molecule has 6 heteroatoms. The molecule has 2 fully saturated rings. The first kappa shape index (κ1) is 15.9. The summed E-state index contributed by atoms with van der Waals surface area (Å²) >= 11 is 0. The summed E-state index contributed by atoms with van der Waals surface area (Å²) in [5.41, 5.74) is 0.857. The molecule has 1 atom stereocenters. The summed E-state index contributed by atoms with van der Waals surface area (Å²) in [6.45, 7) is 1.73. The van der Waals surface area contributed by atoms with Crippen molar-refractivity contribution in [2.75, 3.05) is 18.0 Å². The fourth-order valence-electron chi connectivity index (χ4n) is 3.40. The summed E-state index contributed by atoms with van der Waals surface area (Å²) in [5, 5.41) is 2.98. The summed E-state index contributed by atoms with van der Waals surface area (Å²) in [7, 11) is 0. The molecule has 0 spiro atoms. The molecule has 2 heterocycles. The molecule has 2 aromatic rings. The summed E-state index contributed by atoms with van der Waals surface area (Å²) in [5.74, 6) is 1.41. The maximum absolute atomic E-state index is 12.4. The maximum atomic E-state index is 12.4. The van der Waals surface area contributed by atoms with Gasteiger partial charge in [-0.25, -0.2) is 4.98 Å². The lowest BCUT2D eigenvalue weighted by molar-refractivity contribution is -0.126. The molecule has 0 bridgehead atoms. The summed E-state index contributed by atoms with van der Waals surface area (Å²) in [6, 6.07) is 9.52. The number of anilines is 1. The lowest BCUT2D eigenvalue weighted by Crippen LogP contribution is -2.34. The number of imidazole rings is 1. The third-order valence-corrected chi connectivity index (χ3v) is 4.91. The lowest BCUT2D eigenvalue weighted by atomic mass is 10.1. The first-order chi connectivity index (χ1) is 12.2. The molecule has 6 nitrogen and oxygen atoms in total. The Balaban J connectivity index is 1.30. The van der Waals surface area contributed by atoms with Crippen LogP contribution < -0.4 is 10.2 Å². The second-order valence-electron chi connectivity index (χ2n) is 6.79. The minimum Gasteiger partial charge on any atom is -0.354 e. The summed E-state index contributed by atoms with van der Waals surface area (Å²) in [4.78, 5) is 30.7. The fraction of sp³-hybridized carbons (Fsp3) is 0.421. The van der Waals surface area contributed by atoms with E-state index in [0.717, 1.165) is 18.1 Å². The fourth-order valence-corrected chi connectivity index (χ4v) is 3.40. The molecule has 1 aliphatic carbocycles. The van der Waals surface area contributed by atoms with E-state index in [9.17, 15) is 9.59 Å². The molecule has 0 radical (unpaired) electrons. The average Bonchev–Trinajstić information content (AvgIpc) is 3.24. The van der Waals surface area contributed by atoms with Gasteiger partial charge in [-0.15, -0.1) is 0 Å². The number of aromatic nitrogens is 2. The van der Waals surface area contributed by atoms with E-state index in [1.54, 1.807) is 4.90 Å². The van der Waals surface area contributed by atoms with Gasteiger partial charge in [0.2, 0.25) is 11.8 Å². The smallest absolute Gasteiger partial charge is 0.227 e. The number of amides is 2. The second-order valence-corrected chi connectivity index (χ2v) is 6.79. The third kappa shape index (κ3) is 3.43. The number of hydrogen-bond acceptors (Lipinski definition) is 3. The van der Waals surface area contributed by atoms with Gasteiger partial charge in [-0.3, -0.25) is 9.59 Å². The first-order valence-corrected chi connectivity index (χ1v) is 8.86. The van der Waals surface area contributed by atoms with Crippen LogP contribution in [0.5, 0.6) is 0 Å². The maximum Gasteiger partial charge on any atom is 0.227 e.